The molecule has 2 aromatic rings. The first kappa shape index (κ1) is 12.2. The number of carbonyl (C=O) groups is 1. The summed E-state index contributed by atoms with van der Waals surface area (Å²) in [5.74, 6) is 0.0843. The minimum atomic E-state index is 0.0843. The monoisotopic (exact) mass is 272 g/mol. The van der Waals surface area contributed by atoms with E-state index >= 15 is 0 Å². The maximum absolute atomic E-state index is 12.6. The number of benzene rings is 1. The normalized spacial score (nSPS) is 14.3. The van der Waals surface area contributed by atoms with E-state index in [0.29, 0.717) is 23.8 Å². The molecule has 98 valence electrons. The Hall–Kier alpha value is -1.81. The Kier molecular flexibility index (Phi) is 3.25. The van der Waals surface area contributed by atoms with E-state index in [0.717, 1.165) is 12.8 Å². The molecule has 0 aliphatic heterocycles. The molecule has 3 nitrogen and oxygen atoms in total. The summed E-state index contributed by atoms with van der Waals surface area (Å²) in [5.41, 5.74) is 8.28. The highest BCUT2D eigenvalue weighted by Gasteiger charge is 2.33. The maximum Gasteiger partial charge on any atom is 0.254 e. The van der Waals surface area contributed by atoms with E-state index in [1.165, 1.54) is 5.56 Å². The number of nitrogen functional groups attached to an aromatic ring is 1. The van der Waals surface area contributed by atoms with Crippen molar-refractivity contribution < 1.29 is 4.79 Å². The lowest BCUT2D eigenvalue weighted by Crippen LogP contribution is -2.32. The average molecular weight is 272 g/mol. The molecule has 1 saturated carbocycles. The first-order valence-corrected chi connectivity index (χ1v) is 7.36. The van der Waals surface area contributed by atoms with Crippen LogP contribution in [0, 0.1) is 0 Å². The van der Waals surface area contributed by atoms with Gasteiger partial charge in [0.1, 0.15) is 0 Å². The summed E-state index contributed by atoms with van der Waals surface area (Å²) >= 11 is 1.67. The van der Waals surface area contributed by atoms with Crippen LogP contribution < -0.4 is 5.73 Å². The van der Waals surface area contributed by atoms with Crippen LogP contribution in [-0.4, -0.2) is 16.8 Å². The van der Waals surface area contributed by atoms with E-state index in [1.807, 2.05) is 22.4 Å². The molecule has 0 bridgehead atoms. The summed E-state index contributed by atoms with van der Waals surface area (Å²) in [6.07, 6.45) is 2.22. The molecule has 1 amide bonds. The molecule has 0 spiro atoms. The Morgan fingerprint density at radius 1 is 1.37 bits per heavy atom. The van der Waals surface area contributed by atoms with Crippen LogP contribution in [0.5, 0.6) is 0 Å². The maximum atomic E-state index is 12.6. The molecule has 0 radical (unpaired) electrons. The summed E-state index contributed by atoms with van der Waals surface area (Å²) in [4.78, 5) is 14.5. The van der Waals surface area contributed by atoms with E-state index in [9.17, 15) is 4.79 Å². The number of rotatable bonds is 4. The van der Waals surface area contributed by atoms with Crippen LogP contribution in [0.15, 0.2) is 41.1 Å². The van der Waals surface area contributed by atoms with Gasteiger partial charge in [0.05, 0.1) is 0 Å². The van der Waals surface area contributed by atoms with Crippen molar-refractivity contribution in [2.24, 2.45) is 0 Å². The summed E-state index contributed by atoms with van der Waals surface area (Å²) < 4.78 is 0. The summed E-state index contributed by atoms with van der Waals surface area (Å²) in [5, 5.41) is 4.15. The van der Waals surface area contributed by atoms with Crippen molar-refractivity contribution in [2.45, 2.75) is 25.4 Å². The van der Waals surface area contributed by atoms with Crippen molar-refractivity contribution in [3.8, 4) is 0 Å². The van der Waals surface area contributed by atoms with Crippen molar-refractivity contribution in [1.29, 1.82) is 0 Å². The molecule has 1 aliphatic carbocycles. The Morgan fingerprint density at radius 2 is 2.21 bits per heavy atom. The zero-order valence-electron chi connectivity index (χ0n) is 10.6. The SMILES string of the molecule is Nc1cccc(C(=O)N(Cc2ccsc2)C2CC2)c1. The fraction of sp³-hybridized carbons (Fsp3) is 0.267. The molecule has 0 unspecified atom stereocenters. The highest BCUT2D eigenvalue weighted by atomic mass is 32.1. The Morgan fingerprint density at radius 3 is 2.84 bits per heavy atom. The van der Waals surface area contributed by atoms with Gasteiger partial charge in [0.2, 0.25) is 0 Å². The zero-order chi connectivity index (χ0) is 13.2. The van der Waals surface area contributed by atoms with Crippen LogP contribution in [0.2, 0.25) is 0 Å². The average Bonchev–Trinajstić information content (AvgIpc) is 3.12. The van der Waals surface area contributed by atoms with Crippen LogP contribution in [0.3, 0.4) is 0 Å². The Balaban J connectivity index is 1.82. The van der Waals surface area contributed by atoms with E-state index in [4.69, 9.17) is 5.73 Å². The van der Waals surface area contributed by atoms with E-state index in [2.05, 4.69) is 11.4 Å². The summed E-state index contributed by atoms with van der Waals surface area (Å²) in [6, 6.07) is 9.70. The van der Waals surface area contributed by atoms with Crippen molar-refractivity contribution in [1.82, 2.24) is 4.90 Å². The highest BCUT2D eigenvalue weighted by molar-refractivity contribution is 7.07. The van der Waals surface area contributed by atoms with Crippen LogP contribution in [-0.2, 0) is 6.54 Å². The second-order valence-electron chi connectivity index (χ2n) is 4.92. The number of carbonyl (C=O) groups excluding carboxylic acids is 1. The van der Waals surface area contributed by atoms with Gasteiger partial charge in [0.15, 0.2) is 0 Å². The second-order valence-corrected chi connectivity index (χ2v) is 5.70. The van der Waals surface area contributed by atoms with Crippen molar-refractivity contribution >= 4 is 22.9 Å². The molecule has 19 heavy (non-hydrogen) atoms. The molecule has 1 heterocycles. The molecule has 0 saturated heterocycles. The van der Waals surface area contributed by atoms with Gasteiger partial charge in [-0.25, -0.2) is 0 Å². The van der Waals surface area contributed by atoms with Crippen LogP contribution in [0.4, 0.5) is 5.69 Å². The standard InChI is InChI=1S/C15H16N2OS/c16-13-3-1-2-12(8-13)15(18)17(14-4-5-14)9-11-6-7-19-10-11/h1-3,6-8,10,14H,4-5,9,16H2. The van der Waals surface area contributed by atoms with Gasteiger partial charge in [0, 0.05) is 23.8 Å². The molecule has 1 aromatic carbocycles. The van der Waals surface area contributed by atoms with E-state index in [1.54, 1.807) is 23.5 Å². The van der Waals surface area contributed by atoms with Crippen LogP contribution in [0.1, 0.15) is 28.8 Å². The van der Waals surface area contributed by atoms with Crippen LogP contribution >= 0.6 is 11.3 Å². The summed E-state index contributed by atoms with van der Waals surface area (Å²) in [6.45, 7) is 0.696. The highest BCUT2D eigenvalue weighted by Crippen LogP contribution is 2.30. The molecule has 1 fully saturated rings. The molecule has 1 aromatic heterocycles. The number of nitrogens with zero attached hydrogens (tertiary/aromatic N) is 1. The minimum Gasteiger partial charge on any atom is -0.399 e. The van der Waals surface area contributed by atoms with Gasteiger partial charge in [-0.15, -0.1) is 0 Å². The fourth-order valence-electron chi connectivity index (χ4n) is 2.17. The Bertz CT molecular complexity index is 576. The quantitative estimate of drug-likeness (QED) is 0.869. The van der Waals surface area contributed by atoms with Gasteiger partial charge in [-0.3, -0.25) is 4.79 Å². The van der Waals surface area contributed by atoms with Gasteiger partial charge < -0.3 is 10.6 Å². The number of hydrogen-bond acceptors (Lipinski definition) is 3. The predicted octanol–water partition coefficient (Wildman–Crippen LogP) is 3.14. The van der Waals surface area contributed by atoms with Crippen molar-refractivity contribution in [3.63, 3.8) is 0 Å². The number of hydrogen-bond donors (Lipinski definition) is 1. The minimum absolute atomic E-state index is 0.0843. The van der Waals surface area contributed by atoms with Crippen LogP contribution in [0.25, 0.3) is 0 Å². The molecular weight excluding hydrogens is 256 g/mol. The van der Waals surface area contributed by atoms with Gasteiger partial charge in [-0.1, -0.05) is 6.07 Å². The lowest BCUT2D eigenvalue weighted by molar-refractivity contribution is 0.0730. The molecular formula is C15H16N2OS. The molecule has 4 heteroatoms. The third-order valence-electron chi connectivity index (χ3n) is 3.32. The largest absolute Gasteiger partial charge is 0.399 e. The molecule has 3 rings (SSSR count). The number of thiophene rings is 1. The topological polar surface area (TPSA) is 46.3 Å². The second kappa shape index (κ2) is 5.05. The Labute approximate surface area is 116 Å². The first-order valence-electron chi connectivity index (χ1n) is 6.41. The van der Waals surface area contributed by atoms with Gasteiger partial charge in [-0.05, 0) is 53.4 Å². The molecule has 1 aliphatic rings. The third kappa shape index (κ3) is 2.79. The van der Waals surface area contributed by atoms with Gasteiger partial charge in [0.25, 0.3) is 5.91 Å². The van der Waals surface area contributed by atoms with Gasteiger partial charge in [-0.2, -0.15) is 11.3 Å². The lowest BCUT2D eigenvalue weighted by Gasteiger charge is -2.22. The third-order valence-corrected chi connectivity index (χ3v) is 4.05. The smallest absolute Gasteiger partial charge is 0.254 e. The first-order chi connectivity index (χ1) is 9.24. The van der Waals surface area contributed by atoms with Crippen molar-refractivity contribution in [2.75, 3.05) is 5.73 Å². The van der Waals surface area contributed by atoms with E-state index < -0.39 is 0 Å². The van der Waals surface area contributed by atoms with Crippen molar-refractivity contribution in [3.05, 3.63) is 52.2 Å². The predicted molar refractivity (Wildman–Crippen MR) is 78.1 cm³/mol. The van der Waals surface area contributed by atoms with Gasteiger partial charge >= 0.3 is 0 Å². The molecule has 0 atom stereocenters. The zero-order valence-corrected chi connectivity index (χ0v) is 11.4. The number of nitrogens with two attached hydrogens (primary N) is 1. The summed E-state index contributed by atoms with van der Waals surface area (Å²) in [7, 11) is 0. The molecule has 2 N–H and O–H groups in total. The number of amides is 1. The number of anilines is 1. The lowest BCUT2D eigenvalue weighted by atomic mass is 10.1. The fourth-order valence-corrected chi connectivity index (χ4v) is 2.83. The van der Waals surface area contributed by atoms with E-state index in [-0.39, 0.29) is 5.91 Å².